The SMILES string of the molecule is O=C(NCCCCCCI)c1ccccc1. The van der Waals surface area contributed by atoms with Crippen LogP contribution in [0, 0.1) is 0 Å². The maximum Gasteiger partial charge on any atom is 0.251 e. The van der Waals surface area contributed by atoms with E-state index in [2.05, 4.69) is 27.9 Å². The lowest BCUT2D eigenvalue weighted by Gasteiger charge is -2.04. The third-order valence-corrected chi connectivity index (χ3v) is 3.14. The summed E-state index contributed by atoms with van der Waals surface area (Å²) in [5.74, 6) is 0.0366. The van der Waals surface area contributed by atoms with E-state index in [0.29, 0.717) is 0 Å². The smallest absolute Gasteiger partial charge is 0.251 e. The highest BCUT2D eigenvalue weighted by molar-refractivity contribution is 14.1. The van der Waals surface area contributed by atoms with E-state index in [4.69, 9.17) is 0 Å². The van der Waals surface area contributed by atoms with Crippen molar-refractivity contribution in [3.05, 3.63) is 35.9 Å². The molecule has 0 saturated heterocycles. The molecule has 1 aromatic carbocycles. The summed E-state index contributed by atoms with van der Waals surface area (Å²) in [5.41, 5.74) is 0.745. The van der Waals surface area contributed by atoms with Gasteiger partial charge in [-0.05, 0) is 29.4 Å². The number of unbranched alkanes of at least 4 members (excludes halogenated alkanes) is 3. The van der Waals surface area contributed by atoms with Crippen LogP contribution in [0.25, 0.3) is 0 Å². The molecule has 0 aliphatic rings. The van der Waals surface area contributed by atoms with Gasteiger partial charge in [-0.3, -0.25) is 4.79 Å². The van der Waals surface area contributed by atoms with Gasteiger partial charge in [0.1, 0.15) is 0 Å². The molecule has 0 bridgehead atoms. The number of rotatable bonds is 7. The first-order valence-electron chi connectivity index (χ1n) is 5.74. The highest BCUT2D eigenvalue weighted by Crippen LogP contribution is 2.02. The van der Waals surface area contributed by atoms with Crippen molar-refractivity contribution in [1.82, 2.24) is 5.32 Å². The molecular weight excluding hydrogens is 313 g/mol. The largest absolute Gasteiger partial charge is 0.352 e. The van der Waals surface area contributed by atoms with Gasteiger partial charge in [0.05, 0.1) is 0 Å². The molecule has 0 aliphatic heterocycles. The van der Waals surface area contributed by atoms with Gasteiger partial charge < -0.3 is 5.32 Å². The van der Waals surface area contributed by atoms with E-state index < -0.39 is 0 Å². The van der Waals surface area contributed by atoms with E-state index in [1.54, 1.807) is 0 Å². The fraction of sp³-hybridized carbons (Fsp3) is 0.462. The lowest BCUT2D eigenvalue weighted by Crippen LogP contribution is -2.24. The first kappa shape index (κ1) is 13.5. The Morgan fingerprint density at radius 3 is 2.44 bits per heavy atom. The first-order valence-corrected chi connectivity index (χ1v) is 7.26. The van der Waals surface area contributed by atoms with E-state index in [0.717, 1.165) is 18.5 Å². The summed E-state index contributed by atoms with van der Waals surface area (Å²) in [4.78, 5) is 11.6. The van der Waals surface area contributed by atoms with Gasteiger partial charge in [0.2, 0.25) is 0 Å². The summed E-state index contributed by atoms with van der Waals surface area (Å²) in [6, 6.07) is 9.36. The van der Waals surface area contributed by atoms with Crippen molar-refractivity contribution < 1.29 is 4.79 Å². The summed E-state index contributed by atoms with van der Waals surface area (Å²) in [5, 5.41) is 2.94. The summed E-state index contributed by atoms with van der Waals surface area (Å²) >= 11 is 2.40. The number of amides is 1. The van der Waals surface area contributed by atoms with Crippen LogP contribution in [0.3, 0.4) is 0 Å². The van der Waals surface area contributed by atoms with Crippen LogP contribution in [0.1, 0.15) is 36.0 Å². The Labute approximate surface area is 111 Å². The van der Waals surface area contributed by atoms with Gasteiger partial charge in [-0.25, -0.2) is 0 Å². The molecule has 1 rings (SSSR count). The number of carbonyl (C=O) groups is 1. The molecule has 1 amide bonds. The first-order chi connectivity index (χ1) is 7.84. The highest BCUT2D eigenvalue weighted by atomic mass is 127. The third-order valence-electron chi connectivity index (χ3n) is 2.38. The van der Waals surface area contributed by atoms with E-state index in [1.165, 1.54) is 23.7 Å². The van der Waals surface area contributed by atoms with Crippen LogP contribution < -0.4 is 5.32 Å². The topological polar surface area (TPSA) is 29.1 Å². The lowest BCUT2D eigenvalue weighted by atomic mass is 10.2. The summed E-state index contributed by atoms with van der Waals surface area (Å²) in [6.45, 7) is 0.787. The second-order valence-corrected chi connectivity index (χ2v) is 4.80. The zero-order chi connectivity index (χ0) is 11.6. The molecule has 0 atom stereocenters. The van der Waals surface area contributed by atoms with Crippen molar-refractivity contribution >= 4 is 28.5 Å². The van der Waals surface area contributed by atoms with Crippen LogP contribution in [0.2, 0.25) is 0 Å². The van der Waals surface area contributed by atoms with Crippen LogP contribution in [-0.4, -0.2) is 16.9 Å². The monoisotopic (exact) mass is 331 g/mol. The van der Waals surface area contributed by atoms with Crippen molar-refractivity contribution in [2.75, 3.05) is 11.0 Å². The van der Waals surface area contributed by atoms with Crippen LogP contribution in [-0.2, 0) is 0 Å². The lowest BCUT2D eigenvalue weighted by molar-refractivity contribution is 0.0953. The van der Waals surface area contributed by atoms with E-state index in [-0.39, 0.29) is 5.91 Å². The van der Waals surface area contributed by atoms with Gasteiger partial charge in [0.15, 0.2) is 0 Å². The van der Waals surface area contributed by atoms with Crippen molar-refractivity contribution in [2.24, 2.45) is 0 Å². The fourth-order valence-corrected chi connectivity index (χ4v) is 2.01. The van der Waals surface area contributed by atoms with Crippen molar-refractivity contribution in [2.45, 2.75) is 25.7 Å². The van der Waals surface area contributed by atoms with Gasteiger partial charge >= 0.3 is 0 Å². The molecule has 16 heavy (non-hydrogen) atoms. The second-order valence-electron chi connectivity index (χ2n) is 3.73. The molecular formula is C13H18INO. The molecule has 2 nitrogen and oxygen atoms in total. The molecule has 0 aliphatic carbocycles. The van der Waals surface area contributed by atoms with Gasteiger partial charge in [-0.15, -0.1) is 0 Å². The van der Waals surface area contributed by atoms with Crippen LogP contribution in [0.15, 0.2) is 30.3 Å². The molecule has 0 fully saturated rings. The maximum atomic E-state index is 11.6. The Morgan fingerprint density at radius 2 is 1.75 bits per heavy atom. The predicted octanol–water partition coefficient (Wildman–Crippen LogP) is 3.41. The summed E-state index contributed by atoms with van der Waals surface area (Å²) < 4.78 is 1.23. The Hall–Kier alpha value is -0.580. The zero-order valence-corrected chi connectivity index (χ0v) is 11.6. The second kappa shape index (κ2) is 8.56. The molecule has 88 valence electrons. The number of hydrogen-bond donors (Lipinski definition) is 1. The molecule has 1 aromatic rings. The maximum absolute atomic E-state index is 11.6. The van der Waals surface area contributed by atoms with E-state index in [1.807, 2.05) is 30.3 Å². The quantitative estimate of drug-likeness (QED) is 0.463. The minimum atomic E-state index is 0.0366. The minimum Gasteiger partial charge on any atom is -0.352 e. The highest BCUT2D eigenvalue weighted by Gasteiger charge is 2.02. The van der Waals surface area contributed by atoms with Crippen LogP contribution in [0.4, 0.5) is 0 Å². The third kappa shape index (κ3) is 5.49. The Morgan fingerprint density at radius 1 is 1.06 bits per heavy atom. The molecule has 1 N–H and O–H groups in total. The van der Waals surface area contributed by atoms with E-state index in [9.17, 15) is 4.79 Å². The van der Waals surface area contributed by atoms with Gasteiger partial charge in [0, 0.05) is 12.1 Å². The molecule has 0 radical (unpaired) electrons. The normalized spacial score (nSPS) is 10.1. The Kier molecular flexibility index (Phi) is 7.21. The number of alkyl halides is 1. The average Bonchev–Trinajstić information content (AvgIpc) is 2.34. The van der Waals surface area contributed by atoms with Gasteiger partial charge in [0.25, 0.3) is 5.91 Å². The number of carbonyl (C=O) groups excluding carboxylic acids is 1. The molecule has 0 aromatic heterocycles. The molecule has 0 spiro atoms. The Balaban J connectivity index is 2.12. The number of halogens is 1. The summed E-state index contributed by atoms with van der Waals surface area (Å²) in [6.07, 6.45) is 4.84. The van der Waals surface area contributed by atoms with Crippen LogP contribution in [0.5, 0.6) is 0 Å². The number of nitrogens with one attached hydrogen (secondary N) is 1. The minimum absolute atomic E-state index is 0.0366. The number of hydrogen-bond acceptors (Lipinski definition) is 1. The summed E-state index contributed by atoms with van der Waals surface area (Å²) in [7, 11) is 0. The average molecular weight is 331 g/mol. The van der Waals surface area contributed by atoms with Gasteiger partial charge in [-0.1, -0.05) is 53.6 Å². The fourth-order valence-electron chi connectivity index (χ4n) is 1.47. The zero-order valence-electron chi connectivity index (χ0n) is 9.42. The molecule has 3 heteroatoms. The molecule has 0 unspecified atom stereocenters. The standard InChI is InChI=1S/C13H18INO/c14-10-6-1-2-7-11-15-13(16)12-8-4-3-5-9-12/h3-5,8-9H,1-2,6-7,10-11H2,(H,15,16). The Bertz CT molecular complexity index is 300. The van der Waals surface area contributed by atoms with Crippen LogP contribution >= 0.6 is 22.6 Å². The van der Waals surface area contributed by atoms with Gasteiger partial charge in [-0.2, -0.15) is 0 Å². The van der Waals surface area contributed by atoms with Crippen molar-refractivity contribution in [3.8, 4) is 0 Å². The van der Waals surface area contributed by atoms with E-state index >= 15 is 0 Å². The van der Waals surface area contributed by atoms with Crippen molar-refractivity contribution in [3.63, 3.8) is 0 Å². The molecule has 0 heterocycles. The molecule has 0 saturated carbocycles. The number of benzene rings is 1. The predicted molar refractivity (Wildman–Crippen MR) is 76.1 cm³/mol. The van der Waals surface area contributed by atoms with Crippen molar-refractivity contribution in [1.29, 1.82) is 0 Å².